The maximum Gasteiger partial charge on any atom is 0.282 e. The van der Waals surface area contributed by atoms with Gasteiger partial charge in [-0.3, -0.25) is 9.78 Å². The second kappa shape index (κ2) is 8.91. The lowest BCUT2D eigenvalue weighted by Crippen LogP contribution is -2.15. The number of halogens is 2. The highest BCUT2D eigenvalue weighted by Crippen LogP contribution is 2.25. The van der Waals surface area contributed by atoms with E-state index in [-0.39, 0.29) is 28.7 Å². The van der Waals surface area contributed by atoms with E-state index in [9.17, 15) is 13.6 Å². The summed E-state index contributed by atoms with van der Waals surface area (Å²) in [7, 11) is 0. The summed E-state index contributed by atoms with van der Waals surface area (Å²) < 4.78 is 30.1. The van der Waals surface area contributed by atoms with Crippen molar-refractivity contribution in [3.05, 3.63) is 66.0 Å². The molecule has 0 unspecified atom stereocenters. The van der Waals surface area contributed by atoms with Crippen LogP contribution in [0.5, 0.6) is 0 Å². The Morgan fingerprint density at radius 3 is 2.79 bits per heavy atom. The van der Waals surface area contributed by atoms with E-state index >= 15 is 0 Å². The number of anilines is 1. The average Bonchev–Trinajstić information content (AvgIpc) is 3.47. The molecule has 0 bridgehead atoms. The molecule has 10 nitrogen and oxygen atoms in total. The SMILES string of the molecule is CC(C)n1cnnc1-c1cccc(NC(=O)c2cn(-c3cncc(C#N)c3)nc2C(F)F)n1. The van der Waals surface area contributed by atoms with Gasteiger partial charge in [-0.1, -0.05) is 6.07 Å². The number of hydrogen-bond donors (Lipinski definition) is 1. The number of rotatable bonds is 6. The molecule has 0 spiro atoms. The van der Waals surface area contributed by atoms with Crippen molar-refractivity contribution >= 4 is 11.7 Å². The van der Waals surface area contributed by atoms with E-state index in [1.165, 1.54) is 24.5 Å². The zero-order chi connectivity index (χ0) is 23.5. The van der Waals surface area contributed by atoms with E-state index < -0.39 is 18.0 Å². The highest BCUT2D eigenvalue weighted by molar-refractivity contribution is 6.04. The fourth-order valence-corrected chi connectivity index (χ4v) is 3.09. The summed E-state index contributed by atoms with van der Waals surface area (Å²) in [6.45, 7) is 3.92. The average molecular weight is 449 g/mol. The van der Waals surface area contributed by atoms with Gasteiger partial charge in [0.15, 0.2) is 5.82 Å². The normalized spacial score (nSPS) is 11.1. The molecule has 0 aliphatic carbocycles. The van der Waals surface area contributed by atoms with Gasteiger partial charge in [0, 0.05) is 18.4 Å². The first-order chi connectivity index (χ1) is 15.9. The molecule has 0 saturated carbocycles. The van der Waals surface area contributed by atoms with Crippen molar-refractivity contribution in [2.45, 2.75) is 26.3 Å². The van der Waals surface area contributed by atoms with Crippen molar-refractivity contribution in [3.8, 4) is 23.3 Å². The molecule has 1 amide bonds. The molecule has 0 fully saturated rings. The molecule has 4 rings (SSSR count). The van der Waals surface area contributed by atoms with Gasteiger partial charge in [-0.2, -0.15) is 10.4 Å². The van der Waals surface area contributed by atoms with Crippen molar-refractivity contribution in [1.82, 2.24) is 34.5 Å². The van der Waals surface area contributed by atoms with Crippen LogP contribution in [0.1, 0.15) is 47.9 Å². The van der Waals surface area contributed by atoms with Gasteiger partial charge >= 0.3 is 0 Å². The topological polar surface area (TPSA) is 127 Å². The largest absolute Gasteiger partial charge is 0.310 e. The number of nitriles is 1. The Morgan fingerprint density at radius 1 is 1.24 bits per heavy atom. The van der Waals surface area contributed by atoms with Crippen LogP contribution in [-0.4, -0.2) is 40.4 Å². The molecule has 4 heterocycles. The Kier molecular flexibility index (Phi) is 5.86. The van der Waals surface area contributed by atoms with Crippen LogP contribution in [-0.2, 0) is 0 Å². The molecule has 0 aliphatic heterocycles. The third kappa shape index (κ3) is 4.42. The molecule has 166 valence electrons. The first kappa shape index (κ1) is 21.7. The molecular formula is C21H17F2N9O. The minimum absolute atomic E-state index is 0.0866. The van der Waals surface area contributed by atoms with Crippen molar-refractivity contribution in [3.63, 3.8) is 0 Å². The molecular weight excluding hydrogens is 432 g/mol. The van der Waals surface area contributed by atoms with Gasteiger partial charge in [-0.25, -0.2) is 18.4 Å². The van der Waals surface area contributed by atoms with Crippen molar-refractivity contribution < 1.29 is 13.6 Å². The van der Waals surface area contributed by atoms with Gasteiger partial charge in [0.1, 0.15) is 29.6 Å². The first-order valence-corrected chi connectivity index (χ1v) is 9.79. The minimum atomic E-state index is -3.00. The smallest absolute Gasteiger partial charge is 0.282 e. The van der Waals surface area contributed by atoms with E-state index in [1.54, 1.807) is 18.5 Å². The molecule has 12 heteroatoms. The summed E-state index contributed by atoms with van der Waals surface area (Å²) in [4.78, 5) is 21.1. The van der Waals surface area contributed by atoms with E-state index in [1.807, 2.05) is 24.5 Å². The molecule has 0 aromatic carbocycles. The molecule has 0 atom stereocenters. The number of nitrogens with zero attached hydrogens (tertiary/aromatic N) is 8. The molecule has 4 aromatic rings. The van der Waals surface area contributed by atoms with Crippen LogP contribution >= 0.6 is 0 Å². The number of carbonyl (C=O) groups excluding carboxylic acids is 1. The molecule has 0 aliphatic rings. The van der Waals surface area contributed by atoms with Crippen LogP contribution in [0, 0.1) is 11.3 Å². The lowest BCUT2D eigenvalue weighted by atomic mass is 10.2. The lowest BCUT2D eigenvalue weighted by Gasteiger charge is -2.10. The lowest BCUT2D eigenvalue weighted by molar-refractivity contribution is 0.101. The van der Waals surface area contributed by atoms with Crippen LogP contribution in [0.2, 0.25) is 0 Å². The highest BCUT2D eigenvalue weighted by atomic mass is 19.3. The number of hydrogen-bond acceptors (Lipinski definition) is 7. The van der Waals surface area contributed by atoms with Crippen molar-refractivity contribution in [2.75, 3.05) is 5.32 Å². The van der Waals surface area contributed by atoms with Crippen molar-refractivity contribution in [2.24, 2.45) is 0 Å². The Balaban J connectivity index is 1.64. The second-order valence-corrected chi connectivity index (χ2v) is 7.23. The predicted octanol–water partition coefficient (Wildman–Crippen LogP) is 3.56. The maximum absolute atomic E-state index is 13.6. The second-order valence-electron chi connectivity index (χ2n) is 7.23. The molecule has 1 N–H and O–H groups in total. The summed E-state index contributed by atoms with van der Waals surface area (Å²) in [6, 6.07) is 8.32. The third-order valence-corrected chi connectivity index (χ3v) is 4.66. The molecule has 0 saturated heterocycles. The molecule has 4 aromatic heterocycles. The fourth-order valence-electron chi connectivity index (χ4n) is 3.09. The number of aromatic nitrogens is 7. The summed E-state index contributed by atoms with van der Waals surface area (Å²) >= 11 is 0. The zero-order valence-corrected chi connectivity index (χ0v) is 17.5. The van der Waals surface area contributed by atoms with E-state index in [4.69, 9.17) is 5.26 Å². The van der Waals surface area contributed by atoms with Crippen LogP contribution < -0.4 is 5.32 Å². The Hall–Kier alpha value is -4.53. The predicted molar refractivity (Wildman–Crippen MR) is 113 cm³/mol. The van der Waals surface area contributed by atoms with Crippen LogP contribution in [0.3, 0.4) is 0 Å². The summed E-state index contributed by atoms with van der Waals surface area (Å²) in [6.07, 6.45) is 2.41. The van der Waals surface area contributed by atoms with Gasteiger partial charge in [0.2, 0.25) is 0 Å². The van der Waals surface area contributed by atoms with Crippen LogP contribution in [0.25, 0.3) is 17.2 Å². The Morgan fingerprint density at radius 2 is 2.06 bits per heavy atom. The van der Waals surface area contributed by atoms with E-state index in [0.717, 1.165) is 10.9 Å². The van der Waals surface area contributed by atoms with Crippen LogP contribution in [0.4, 0.5) is 14.6 Å². The van der Waals surface area contributed by atoms with Gasteiger partial charge in [0.25, 0.3) is 12.3 Å². The Labute approximate surface area is 186 Å². The van der Waals surface area contributed by atoms with Gasteiger partial charge in [0.05, 0.1) is 23.0 Å². The van der Waals surface area contributed by atoms with Gasteiger partial charge in [-0.05, 0) is 32.0 Å². The fraction of sp³-hybridized carbons (Fsp3) is 0.190. The summed E-state index contributed by atoms with van der Waals surface area (Å²) in [5.74, 6) is -0.153. The number of alkyl halides is 2. The maximum atomic E-state index is 13.6. The van der Waals surface area contributed by atoms with Crippen molar-refractivity contribution in [1.29, 1.82) is 5.26 Å². The first-order valence-electron chi connectivity index (χ1n) is 9.79. The number of amides is 1. The molecule has 0 radical (unpaired) electrons. The van der Waals surface area contributed by atoms with Gasteiger partial charge in [-0.15, -0.1) is 10.2 Å². The summed E-state index contributed by atoms with van der Waals surface area (Å²) in [5.41, 5.74) is -0.0790. The quantitative estimate of drug-likeness (QED) is 0.477. The van der Waals surface area contributed by atoms with E-state index in [0.29, 0.717) is 11.5 Å². The summed E-state index contributed by atoms with van der Waals surface area (Å²) in [5, 5.41) is 23.3. The zero-order valence-electron chi connectivity index (χ0n) is 17.5. The number of pyridine rings is 2. The highest BCUT2D eigenvalue weighted by Gasteiger charge is 2.24. The standard InChI is InChI=1S/C21H17F2N9O/c1-12(2)31-11-26-29-20(31)16-4-3-5-17(27-16)28-21(33)15-10-32(30-18(15)19(22)23)14-6-13(7-24)8-25-9-14/h3-6,8-12,19H,1-2H3,(H,27,28,33). The Bertz CT molecular complexity index is 1350. The van der Waals surface area contributed by atoms with E-state index in [2.05, 4.69) is 30.6 Å². The number of nitrogens with one attached hydrogen (secondary N) is 1. The van der Waals surface area contributed by atoms with Crippen LogP contribution in [0.15, 0.2) is 49.2 Å². The number of carbonyl (C=O) groups is 1. The molecule has 33 heavy (non-hydrogen) atoms. The van der Waals surface area contributed by atoms with Gasteiger partial charge < -0.3 is 9.88 Å². The third-order valence-electron chi connectivity index (χ3n) is 4.66. The minimum Gasteiger partial charge on any atom is -0.310 e. The monoisotopic (exact) mass is 449 g/mol.